The van der Waals surface area contributed by atoms with E-state index in [1.807, 2.05) is 6.07 Å². The lowest BCUT2D eigenvalue weighted by Gasteiger charge is -2.06. The van der Waals surface area contributed by atoms with Crippen molar-refractivity contribution in [2.24, 2.45) is 0 Å². The van der Waals surface area contributed by atoms with Gasteiger partial charge in [0.05, 0.1) is 28.5 Å². The molecule has 6 heteroatoms. The van der Waals surface area contributed by atoms with Gasteiger partial charge in [0.2, 0.25) is 0 Å². The van der Waals surface area contributed by atoms with E-state index in [-0.39, 0.29) is 16.8 Å². The van der Waals surface area contributed by atoms with E-state index in [1.54, 1.807) is 6.92 Å². The number of carboxylic acid groups (broad SMARTS) is 1. The van der Waals surface area contributed by atoms with Crippen LogP contribution in [-0.2, 0) is 17.6 Å². The van der Waals surface area contributed by atoms with Gasteiger partial charge in [0, 0.05) is 6.07 Å². The van der Waals surface area contributed by atoms with Gasteiger partial charge < -0.3 is 5.11 Å². The van der Waals surface area contributed by atoms with E-state index in [2.05, 4.69) is 0 Å². The third kappa shape index (κ3) is 2.58. The summed E-state index contributed by atoms with van der Waals surface area (Å²) in [5, 5.41) is 28.5. The van der Waals surface area contributed by atoms with Gasteiger partial charge in [0.15, 0.2) is 0 Å². The maximum Gasteiger partial charge on any atom is 0.308 e. The normalized spacial score (nSPS) is 9.65. The van der Waals surface area contributed by atoms with E-state index in [0.29, 0.717) is 12.0 Å². The molecule has 0 unspecified atom stereocenters. The van der Waals surface area contributed by atoms with E-state index in [0.717, 1.165) is 0 Å². The maximum absolute atomic E-state index is 10.8. The fraction of sp³-hybridized carbons (Fsp3) is 0.273. The summed E-state index contributed by atoms with van der Waals surface area (Å²) in [4.78, 5) is 20.8. The van der Waals surface area contributed by atoms with Crippen molar-refractivity contribution < 1.29 is 14.8 Å². The highest BCUT2D eigenvalue weighted by Gasteiger charge is 2.22. The molecule has 0 amide bonds. The van der Waals surface area contributed by atoms with Crippen LogP contribution in [0.1, 0.15) is 23.6 Å². The molecule has 0 saturated heterocycles. The molecular formula is C11H10N2O4. The van der Waals surface area contributed by atoms with Crippen LogP contribution in [0.15, 0.2) is 12.1 Å². The van der Waals surface area contributed by atoms with Crippen molar-refractivity contribution in [2.45, 2.75) is 19.8 Å². The highest BCUT2D eigenvalue weighted by Crippen LogP contribution is 2.26. The van der Waals surface area contributed by atoms with Gasteiger partial charge in [-0.2, -0.15) is 5.26 Å². The van der Waals surface area contributed by atoms with Crippen LogP contribution in [0.2, 0.25) is 0 Å². The molecule has 0 radical (unpaired) electrons. The molecule has 6 nitrogen and oxygen atoms in total. The minimum atomic E-state index is -1.20. The molecule has 0 aliphatic carbocycles. The molecule has 0 aliphatic rings. The molecule has 1 aromatic rings. The molecule has 0 aliphatic heterocycles. The topological polar surface area (TPSA) is 104 Å². The molecule has 0 atom stereocenters. The Kier molecular flexibility index (Phi) is 3.78. The van der Waals surface area contributed by atoms with Crippen LogP contribution in [0, 0.1) is 21.4 Å². The largest absolute Gasteiger partial charge is 0.481 e. The Morgan fingerprint density at radius 3 is 2.65 bits per heavy atom. The maximum atomic E-state index is 10.8. The van der Waals surface area contributed by atoms with Crippen molar-refractivity contribution >= 4 is 11.7 Å². The molecule has 0 spiro atoms. The summed E-state index contributed by atoms with van der Waals surface area (Å²) in [5.74, 6) is -1.20. The van der Waals surface area contributed by atoms with Crippen LogP contribution < -0.4 is 0 Å². The van der Waals surface area contributed by atoms with Crippen molar-refractivity contribution in [3.05, 3.63) is 38.9 Å². The van der Waals surface area contributed by atoms with Crippen molar-refractivity contribution in [2.75, 3.05) is 0 Å². The molecular weight excluding hydrogens is 224 g/mol. The van der Waals surface area contributed by atoms with Gasteiger partial charge in [0.25, 0.3) is 5.69 Å². The van der Waals surface area contributed by atoms with Crippen LogP contribution >= 0.6 is 0 Å². The molecule has 0 saturated carbocycles. The first-order valence-corrected chi connectivity index (χ1v) is 4.92. The first-order valence-electron chi connectivity index (χ1n) is 4.92. The lowest BCUT2D eigenvalue weighted by atomic mass is 9.96. The number of nitriles is 1. The lowest BCUT2D eigenvalue weighted by molar-refractivity contribution is -0.385. The number of hydrogen-bond acceptors (Lipinski definition) is 4. The molecule has 0 bridgehead atoms. The Morgan fingerprint density at radius 1 is 1.59 bits per heavy atom. The fourth-order valence-electron chi connectivity index (χ4n) is 1.62. The Labute approximate surface area is 97.3 Å². The second-order valence-corrected chi connectivity index (χ2v) is 3.39. The van der Waals surface area contributed by atoms with Gasteiger partial charge in [-0.15, -0.1) is 0 Å². The van der Waals surface area contributed by atoms with Crippen LogP contribution in [0.25, 0.3) is 0 Å². The van der Waals surface area contributed by atoms with Gasteiger partial charge in [-0.25, -0.2) is 0 Å². The number of nitro benzene ring substituents is 1. The van der Waals surface area contributed by atoms with E-state index in [4.69, 9.17) is 10.4 Å². The molecule has 0 fully saturated rings. The second kappa shape index (κ2) is 5.07. The average Bonchev–Trinajstić information content (AvgIpc) is 2.27. The van der Waals surface area contributed by atoms with E-state index in [9.17, 15) is 14.9 Å². The van der Waals surface area contributed by atoms with Gasteiger partial charge in [-0.1, -0.05) is 13.0 Å². The number of aryl methyl sites for hydroxylation is 1. The fourth-order valence-corrected chi connectivity index (χ4v) is 1.62. The highest BCUT2D eigenvalue weighted by atomic mass is 16.6. The number of benzene rings is 1. The zero-order chi connectivity index (χ0) is 13.0. The Balaban J connectivity index is 3.51. The first-order chi connectivity index (χ1) is 8.01. The number of aliphatic carboxylic acids is 1. The number of hydrogen-bond donors (Lipinski definition) is 1. The second-order valence-electron chi connectivity index (χ2n) is 3.39. The van der Waals surface area contributed by atoms with Crippen LogP contribution in [0.4, 0.5) is 5.69 Å². The summed E-state index contributed by atoms with van der Waals surface area (Å²) in [5.41, 5.74) is 0.379. The lowest BCUT2D eigenvalue weighted by Crippen LogP contribution is -2.08. The van der Waals surface area contributed by atoms with Crippen molar-refractivity contribution in [3.63, 3.8) is 0 Å². The summed E-state index contributed by atoms with van der Waals surface area (Å²) in [7, 11) is 0. The summed E-state index contributed by atoms with van der Waals surface area (Å²) in [6.45, 7) is 1.80. The molecule has 1 aromatic carbocycles. The number of nitro groups is 1. The van der Waals surface area contributed by atoms with Crippen LogP contribution in [0.5, 0.6) is 0 Å². The monoisotopic (exact) mass is 234 g/mol. The van der Waals surface area contributed by atoms with Crippen molar-refractivity contribution in [1.29, 1.82) is 5.26 Å². The molecule has 88 valence electrons. The quantitative estimate of drug-likeness (QED) is 0.630. The standard InChI is InChI=1S/C11H10N2O4/c1-2-7-3-4-10(13(16)17)8(5-11(14)15)9(7)6-12/h3-4H,2,5H2,1H3,(H,14,15). The van der Waals surface area contributed by atoms with Gasteiger partial charge in [-0.3, -0.25) is 14.9 Å². The number of carbonyl (C=O) groups is 1. The van der Waals surface area contributed by atoms with Gasteiger partial charge in [0.1, 0.15) is 0 Å². The van der Waals surface area contributed by atoms with E-state index in [1.165, 1.54) is 12.1 Å². The highest BCUT2D eigenvalue weighted by molar-refractivity contribution is 5.74. The number of nitrogens with zero attached hydrogens (tertiary/aromatic N) is 2. The molecule has 0 heterocycles. The van der Waals surface area contributed by atoms with E-state index >= 15 is 0 Å². The number of carboxylic acids is 1. The average molecular weight is 234 g/mol. The van der Waals surface area contributed by atoms with Crippen molar-refractivity contribution in [3.8, 4) is 6.07 Å². The Morgan fingerprint density at radius 2 is 2.24 bits per heavy atom. The molecule has 1 N–H and O–H groups in total. The van der Waals surface area contributed by atoms with Crippen LogP contribution in [-0.4, -0.2) is 16.0 Å². The third-order valence-electron chi connectivity index (χ3n) is 2.39. The summed E-state index contributed by atoms with van der Waals surface area (Å²) in [6.07, 6.45) is 0.000549. The molecule has 1 rings (SSSR count). The molecule has 0 aromatic heterocycles. The molecule has 17 heavy (non-hydrogen) atoms. The summed E-state index contributed by atoms with van der Waals surface area (Å²) >= 11 is 0. The minimum absolute atomic E-state index is 0.0237. The summed E-state index contributed by atoms with van der Waals surface area (Å²) < 4.78 is 0. The minimum Gasteiger partial charge on any atom is -0.481 e. The van der Waals surface area contributed by atoms with Gasteiger partial charge >= 0.3 is 5.97 Å². The Bertz CT molecular complexity index is 517. The van der Waals surface area contributed by atoms with Crippen LogP contribution in [0.3, 0.4) is 0 Å². The number of rotatable bonds is 4. The Hall–Kier alpha value is -2.42. The summed E-state index contributed by atoms with van der Waals surface area (Å²) in [6, 6.07) is 4.58. The zero-order valence-electron chi connectivity index (χ0n) is 9.14. The zero-order valence-corrected chi connectivity index (χ0v) is 9.14. The van der Waals surface area contributed by atoms with Gasteiger partial charge in [-0.05, 0) is 12.0 Å². The van der Waals surface area contributed by atoms with E-state index < -0.39 is 17.3 Å². The first kappa shape index (κ1) is 12.6. The van der Waals surface area contributed by atoms with Crippen molar-refractivity contribution in [1.82, 2.24) is 0 Å². The predicted molar refractivity (Wildman–Crippen MR) is 58.5 cm³/mol. The SMILES string of the molecule is CCc1ccc([N+](=O)[O-])c(CC(=O)O)c1C#N. The smallest absolute Gasteiger partial charge is 0.308 e. The third-order valence-corrected chi connectivity index (χ3v) is 2.39. The predicted octanol–water partition coefficient (Wildman–Crippen LogP) is 1.66.